The van der Waals surface area contributed by atoms with Gasteiger partial charge in [-0.25, -0.2) is 0 Å². The number of hydrogen-bond acceptors (Lipinski definition) is 6. The van der Waals surface area contributed by atoms with E-state index in [0.717, 1.165) is 18.2 Å². The summed E-state index contributed by atoms with van der Waals surface area (Å²) in [5, 5.41) is 21.1. The normalized spacial score (nSPS) is 9.83. The first-order valence-electron chi connectivity index (χ1n) is 3.78. The van der Waals surface area contributed by atoms with E-state index in [9.17, 15) is 28.2 Å². The Bertz CT molecular complexity index is 535. The average Bonchev–Trinajstić information content (AvgIpc) is 2.15. The number of rotatable bonds is 3. The Morgan fingerprint density at radius 3 is 1.56 bits per heavy atom. The largest absolute Gasteiger partial charge is 0.545 e. The van der Waals surface area contributed by atoms with Crippen LogP contribution in [-0.2, 0) is 10.1 Å². The maximum Gasteiger partial charge on any atom is 0.295 e. The van der Waals surface area contributed by atoms with Crippen LogP contribution in [0.3, 0.4) is 0 Å². The molecule has 0 aliphatic carbocycles. The zero-order chi connectivity index (χ0) is 12.5. The van der Waals surface area contributed by atoms with Gasteiger partial charge in [-0.3, -0.25) is 4.55 Å². The van der Waals surface area contributed by atoms with Gasteiger partial charge in [0, 0.05) is 11.1 Å². The molecule has 102 valence electrons. The number of benzene rings is 1. The van der Waals surface area contributed by atoms with Gasteiger partial charge < -0.3 is 32.1 Å². The minimum absolute atomic E-state index is 0. The first kappa shape index (κ1) is 18.4. The lowest BCUT2D eigenvalue weighted by atomic mass is 10.1. The molecule has 9 N–H and O–H groups in total. The van der Waals surface area contributed by atoms with Gasteiger partial charge in [-0.2, -0.15) is 8.42 Å². The van der Waals surface area contributed by atoms with Crippen molar-refractivity contribution in [2.24, 2.45) is 0 Å². The second-order valence-corrected chi connectivity index (χ2v) is 4.09. The molecule has 1 aromatic carbocycles. The zero-order valence-corrected chi connectivity index (χ0v) is 10.4. The van der Waals surface area contributed by atoms with Crippen molar-refractivity contribution in [3.05, 3.63) is 29.3 Å². The van der Waals surface area contributed by atoms with Crippen LogP contribution in [0.4, 0.5) is 0 Å². The summed E-state index contributed by atoms with van der Waals surface area (Å²) in [6.45, 7) is 0. The van der Waals surface area contributed by atoms with Gasteiger partial charge in [0.1, 0.15) is 4.90 Å². The van der Waals surface area contributed by atoms with Crippen molar-refractivity contribution in [1.29, 1.82) is 0 Å². The minimum atomic E-state index is -5.00. The summed E-state index contributed by atoms with van der Waals surface area (Å²) in [5.41, 5.74) is -1.88. The molecule has 0 saturated carbocycles. The monoisotopic (exact) mass is 280 g/mol. The average molecular weight is 280 g/mol. The SMILES string of the molecule is O=C([O-])c1cccc(C(=O)[O-])c1S(=O)(=O)O.[NH4+].[NH4+]. The molecule has 0 spiro atoms. The molecule has 0 aromatic heterocycles. The Labute approximate surface area is 102 Å². The summed E-state index contributed by atoms with van der Waals surface area (Å²) in [6, 6.07) is 2.58. The van der Waals surface area contributed by atoms with Gasteiger partial charge in [0.2, 0.25) is 0 Å². The Morgan fingerprint density at radius 2 is 1.33 bits per heavy atom. The summed E-state index contributed by atoms with van der Waals surface area (Å²) in [7, 11) is -5.00. The van der Waals surface area contributed by atoms with Crippen LogP contribution < -0.4 is 22.5 Å². The van der Waals surface area contributed by atoms with Gasteiger partial charge in [-0.15, -0.1) is 0 Å². The van der Waals surface area contributed by atoms with E-state index >= 15 is 0 Å². The molecule has 18 heavy (non-hydrogen) atoms. The molecule has 0 fully saturated rings. The molecule has 9 nitrogen and oxygen atoms in total. The van der Waals surface area contributed by atoms with E-state index in [0.29, 0.717) is 0 Å². The highest BCUT2D eigenvalue weighted by Gasteiger charge is 2.21. The van der Waals surface area contributed by atoms with Gasteiger partial charge in [-0.05, 0) is 0 Å². The lowest BCUT2D eigenvalue weighted by Crippen LogP contribution is -2.29. The molecular weight excluding hydrogens is 268 g/mol. The summed E-state index contributed by atoms with van der Waals surface area (Å²) in [6.07, 6.45) is 0. The third kappa shape index (κ3) is 3.49. The van der Waals surface area contributed by atoms with E-state index in [1.165, 1.54) is 0 Å². The summed E-state index contributed by atoms with van der Waals surface area (Å²) in [5.74, 6) is -3.84. The number of carbonyl (C=O) groups excluding carboxylic acids is 2. The molecule has 0 aliphatic heterocycles. The molecule has 10 heteroatoms. The van der Waals surface area contributed by atoms with Gasteiger partial charge in [0.15, 0.2) is 0 Å². The Kier molecular flexibility index (Phi) is 6.19. The second kappa shape index (κ2) is 6.07. The number of quaternary nitrogens is 2. The topological polar surface area (TPSA) is 208 Å². The van der Waals surface area contributed by atoms with E-state index in [1.54, 1.807) is 0 Å². The molecule has 0 radical (unpaired) electrons. The minimum Gasteiger partial charge on any atom is -0.545 e. The lowest BCUT2D eigenvalue weighted by molar-refractivity contribution is -0.255. The molecule has 0 saturated heterocycles. The van der Waals surface area contributed by atoms with Crippen molar-refractivity contribution in [3.63, 3.8) is 0 Å². The molecule has 0 atom stereocenters. The van der Waals surface area contributed by atoms with Crippen molar-refractivity contribution in [3.8, 4) is 0 Å². The highest BCUT2D eigenvalue weighted by Crippen LogP contribution is 2.19. The maximum absolute atomic E-state index is 10.9. The van der Waals surface area contributed by atoms with E-state index in [1.807, 2.05) is 0 Å². The summed E-state index contributed by atoms with van der Waals surface area (Å²) < 4.78 is 30.5. The van der Waals surface area contributed by atoms with Crippen LogP contribution >= 0.6 is 0 Å². The molecule has 1 aromatic rings. The lowest BCUT2D eigenvalue weighted by Gasteiger charge is -2.13. The third-order valence-electron chi connectivity index (χ3n) is 1.71. The van der Waals surface area contributed by atoms with Gasteiger partial charge in [-0.1, -0.05) is 18.2 Å². The van der Waals surface area contributed by atoms with Gasteiger partial charge in [0.05, 0.1) is 11.9 Å². The Morgan fingerprint density at radius 1 is 1.00 bits per heavy atom. The van der Waals surface area contributed by atoms with Gasteiger partial charge in [0.25, 0.3) is 10.1 Å². The van der Waals surface area contributed by atoms with Crippen LogP contribution in [0.5, 0.6) is 0 Å². The number of carboxylic acids is 2. The molecule has 0 heterocycles. The zero-order valence-electron chi connectivity index (χ0n) is 9.54. The van der Waals surface area contributed by atoms with Crippen molar-refractivity contribution in [2.75, 3.05) is 0 Å². The molecule has 1 rings (SSSR count). The van der Waals surface area contributed by atoms with E-state index in [-0.39, 0.29) is 12.3 Å². The number of aromatic carboxylic acids is 2. The molecule has 0 bridgehead atoms. The predicted octanol–water partition coefficient (Wildman–Crippen LogP) is -1.59. The highest BCUT2D eigenvalue weighted by atomic mass is 32.2. The van der Waals surface area contributed by atoms with Crippen molar-refractivity contribution < 1.29 is 32.8 Å². The van der Waals surface area contributed by atoms with Crippen molar-refractivity contribution in [2.45, 2.75) is 4.90 Å². The Hall–Kier alpha value is -2.01. The molecule has 0 unspecified atom stereocenters. The van der Waals surface area contributed by atoms with E-state index < -0.39 is 38.1 Å². The number of carboxylic acid groups (broad SMARTS) is 2. The fraction of sp³-hybridized carbons (Fsp3) is 0. The standard InChI is InChI=1S/C8H6O7S.2H3N/c9-7(10)4-2-1-3-5(8(11)12)6(4)16(13,14)15;;/h1-3H,(H,9,10)(H,11,12)(H,13,14,15);2*1H3. The van der Waals surface area contributed by atoms with Gasteiger partial charge >= 0.3 is 0 Å². The first-order chi connectivity index (χ1) is 7.25. The maximum atomic E-state index is 10.9. The second-order valence-electron chi connectivity index (χ2n) is 2.73. The number of carbonyl (C=O) groups is 2. The van der Waals surface area contributed by atoms with Crippen LogP contribution in [0.15, 0.2) is 23.1 Å². The quantitative estimate of drug-likeness (QED) is 0.552. The fourth-order valence-electron chi connectivity index (χ4n) is 1.14. The molecule has 0 aliphatic rings. The molecule has 0 amide bonds. The van der Waals surface area contributed by atoms with Crippen molar-refractivity contribution in [1.82, 2.24) is 12.3 Å². The smallest absolute Gasteiger partial charge is 0.295 e. The van der Waals surface area contributed by atoms with E-state index in [4.69, 9.17) is 4.55 Å². The fourth-order valence-corrected chi connectivity index (χ4v) is 1.99. The van der Waals surface area contributed by atoms with Crippen LogP contribution in [0.25, 0.3) is 0 Å². The third-order valence-corrected chi connectivity index (χ3v) is 2.67. The Balaban J connectivity index is 0. The summed E-state index contributed by atoms with van der Waals surface area (Å²) >= 11 is 0. The first-order valence-corrected chi connectivity index (χ1v) is 5.22. The summed E-state index contributed by atoms with van der Waals surface area (Å²) in [4.78, 5) is 19.8. The van der Waals surface area contributed by atoms with Crippen LogP contribution in [0.1, 0.15) is 20.7 Å². The highest BCUT2D eigenvalue weighted by molar-refractivity contribution is 7.86. The van der Waals surface area contributed by atoms with Crippen LogP contribution in [0.2, 0.25) is 0 Å². The van der Waals surface area contributed by atoms with E-state index in [2.05, 4.69) is 0 Å². The van der Waals surface area contributed by atoms with Crippen molar-refractivity contribution >= 4 is 22.1 Å². The molecular formula is C8H12N2O7S. The number of hydrogen-bond donors (Lipinski definition) is 3. The van der Waals surface area contributed by atoms with Crippen LogP contribution in [0, 0.1) is 0 Å². The van der Waals surface area contributed by atoms with Crippen LogP contribution in [-0.4, -0.2) is 24.9 Å². The predicted molar refractivity (Wildman–Crippen MR) is 56.9 cm³/mol.